The van der Waals surface area contributed by atoms with E-state index in [4.69, 9.17) is 4.42 Å². The van der Waals surface area contributed by atoms with Crippen molar-refractivity contribution in [3.63, 3.8) is 0 Å². The molecule has 0 aliphatic heterocycles. The molecule has 0 N–H and O–H groups in total. The van der Waals surface area contributed by atoms with Crippen molar-refractivity contribution in [2.75, 3.05) is 14.1 Å². The Morgan fingerprint density at radius 2 is 2.00 bits per heavy atom. The van der Waals surface area contributed by atoms with Gasteiger partial charge in [-0.3, -0.25) is 9.48 Å². The fourth-order valence-electron chi connectivity index (χ4n) is 2.84. The SMILES string of the molecule is CN(C)C(=O)c1ccc(-c2cccc(-c3ccn(CC4CC4)n3)c2)o1. The van der Waals surface area contributed by atoms with E-state index in [9.17, 15) is 4.79 Å². The normalized spacial score (nSPS) is 13.8. The fraction of sp³-hybridized carbons (Fsp3) is 0.300. The second-order valence-electron chi connectivity index (χ2n) is 6.81. The number of benzene rings is 1. The van der Waals surface area contributed by atoms with Crippen LogP contribution >= 0.6 is 0 Å². The predicted octanol–water partition coefficient (Wildman–Crippen LogP) is 3.92. The standard InChI is InChI=1S/C20H21N3O2/c1-22(2)20(24)19-9-8-18(25-19)16-5-3-4-15(12-16)17-10-11-23(21-17)13-14-6-7-14/h3-5,8-12,14H,6-7,13H2,1-2H3. The highest BCUT2D eigenvalue weighted by molar-refractivity contribution is 5.91. The number of furan rings is 1. The summed E-state index contributed by atoms with van der Waals surface area (Å²) in [5.74, 6) is 1.69. The van der Waals surface area contributed by atoms with E-state index >= 15 is 0 Å². The van der Waals surface area contributed by atoms with Gasteiger partial charge in [-0.2, -0.15) is 5.10 Å². The molecule has 0 saturated heterocycles. The van der Waals surface area contributed by atoms with Gasteiger partial charge in [0.15, 0.2) is 5.76 Å². The van der Waals surface area contributed by atoms with Gasteiger partial charge in [-0.15, -0.1) is 0 Å². The second kappa shape index (κ2) is 6.24. The third-order valence-electron chi connectivity index (χ3n) is 4.45. The molecule has 1 saturated carbocycles. The highest BCUT2D eigenvalue weighted by Crippen LogP contribution is 2.31. The van der Waals surface area contributed by atoms with Gasteiger partial charge in [-0.25, -0.2) is 0 Å². The van der Waals surface area contributed by atoms with Crippen LogP contribution in [0, 0.1) is 5.92 Å². The zero-order chi connectivity index (χ0) is 17.4. The largest absolute Gasteiger partial charge is 0.451 e. The van der Waals surface area contributed by atoms with Crippen LogP contribution in [0.1, 0.15) is 23.4 Å². The van der Waals surface area contributed by atoms with Gasteiger partial charge in [0.25, 0.3) is 5.91 Å². The van der Waals surface area contributed by atoms with Gasteiger partial charge < -0.3 is 9.32 Å². The first kappa shape index (κ1) is 15.7. The first-order valence-corrected chi connectivity index (χ1v) is 8.56. The molecule has 1 aliphatic carbocycles. The molecule has 1 aromatic carbocycles. The lowest BCUT2D eigenvalue weighted by molar-refractivity contribution is 0.0797. The summed E-state index contributed by atoms with van der Waals surface area (Å²) >= 11 is 0. The van der Waals surface area contributed by atoms with Crippen LogP contribution < -0.4 is 0 Å². The third-order valence-corrected chi connectivity index (χ3v) is 4.45. The summed E-state index contributed by atoms with van der Waals surface area (Å²) in [5.41, 5.74) is 2.94. The summed E-state index contributed by atoms with van der Waals surface area (Å²) in [6.07, 6.45) is 4.68. The Labute approximate surface area is 146 Å². The fourth-order valence-corrected chi connectivity index (χ4v) is 2.84. The Hall–Kier alpha value is -2.82. The Morgan fingerprint density at radius 1 is 1.20 bits per heavy atom. The van der Waals surface area contributed by atoms with Gasteiger partial charge in [0.05, 0.1) is 5.69 Å². The highest BCUT2D eigenvalue weighted by Gasteiger charge is 2.22. The molecule has 0 radical (unpaired) electrons. The Balaban J connectivity index is 1.59. The molecule has 3 aromatic rings. The molecule has 25 heavy (non-hydrogen) atoms. The molecular weight excluding hydrogens is 314 g/mol. The van der Waals surface area contributed by atoms with Crippen molar-refractivity contribution in [2.24, 2.45) is 5.92 Å². The van der Waals surface area contributed by atoms with Crippen LogP contribution in [0.2, 0.25) is 0 Å². The second-order valence-corrected chi connectivity index (χ2v) is 6.81. The number of rotatable bonds is 5. The summed E-state index contributed by atoms with van der Waals surface area (Å²) < 4.78 is 7.76. The number of carbonyl (C=O) groups is 1. The van der Waals surface area contributed by atoms with Crippen LogP contribution in [-0.2, 0) is 6.54 Å². The average molecular weight is 335 g/mol. The van der Waals surface area contributed by atoms with Gasteiger partial charge in [-0.1, -0.05) is 18.2 Å². The van der Waals surface area contributed by atoms with Crippen LogP contribution in [0.15, 0.2) is 53.1 Å². The van der Waals surface area contributed by atoms with E-state index in [1.807, 2.05) is 47.3 Å². The Morgan fingerprint density at radius 3 is 2.76 bits per heavy atom. The first-order chi connectivity index (χ1) is 12.1. The van der Waals surface area contributed by atoms with Crippen LogP contribution in [0.5, 0.6) is 0 Å². The summed E-state index contributed by atoms with van der Waals surface area (Å²) in [4.78, 5) is 13.5. The number of hydrogen-bond donors (Lipinski definition) is 0. The monoisotopic (exact) mass is 335 g/mol. The van der Waals surface area contributed by atoms with Crippen molar-refractivity contribution in [1.82, 2.24) is 14.7 Å². The predicted molar refractivity (Wildman–Crippen MR) is 96.1 cm³/mol. The summed E-state index contributed by atoms with van der Waals surface area (Å²) in [7, 11) is 3.42. The quantitative estimate of drug-likeness (QED) is 0.710. The summed E-state index contributed by atoms with van der Waals surface area (Å²) in [6, 6.07) is 13.7. The van der Waals surface area contributed by atoms with Gasteiger partial charge >= 0.3 is 0 Å². The van der Waals surface area contributed by atoms with Crippen molar-refractivity contribution in [1.29, 1.82) is 0 Å². The van der Waals surface area contributed by atoms with Crippen molar-refractivity contribution in [3.8, 4) is 22.6 Å². The maximum Gasteiger partial charge on any atom is 0.289 e. The molecule has 1 fully saturated rings. The molecule has 0 unspecified atom stereocenters. The highest BCUT2D eigenvalue weighted by atomic mass is 16.4. The minimum Gasteiger partial charge on any atom is -0.451 e. The first-order valence-electron chi connectivity index (χ1n) is 8.56. The number of amides is 1. The summed E-state index contributed by atoms with van der Waals surface area (Å²) in [6.45, 7) is 1.01. The van der Waals surface area contributed by atoms with Gasteiger partial charge in [0.1, 0.15) is 5.76 Å². The Bertz CT molecular complexity index is 903. The van der Waals surface area contributed by atoms with Crippen molar-refractivity contribution in [2.45, 2.75) is 19.4 Å². The number of aromatic nitrogens is 2. The molecule has 5 nitrogen and oxygen atoms in total. The maximum atomic E-state index is 12.0. The van der Waals surface area contributed by atoms with E-state index in [1.54, 1.807) is 20.2 Å². The van der Waals surface area contributed by atoms with E-state index < -0.39 is 0 Å². The molecule has 0 spiro atoms. The minimum atomic E-state index is -0.138. The molecule has 2 heterocycles. The molecule has 5 heteroatoms. The van der Waals surface area contributed by atoms with Crippen molar-refractivity contribution < 1.29 is 9.21 Å². The molecule has 1 amide bonds. The zero-order valence-electron chi connectivity index (χ0n) is 14.5. The zero-order valence-corrected chi connectivity index (χ0v) is 14.5. The average Bonchev–Trinajstić information content (AvgIpc) is 3.11. The number of hydrogen-bond acceptors (Lipinski definition) is 3. The van der Waals surface area contributed by atoms with E-state index in [0.29, 0.717) is 11.5 Å². The van der Waals surface area contributed by atoms with Crippen LogP contribution in [-0.4, -0.2) is 34.7 Å². The number of nitrogens with zero attached hydrogens (tertiary/aromatic N) is 3. The molecule has 128 valence electrons. The smallest absolute Gasteiger partial charge is 0.289 e. The molecule has 4 rings (SSSR count). The van der Waals surface area contributed by atoms with Gasteiger partial charge in [-0.05, 0) is 43.0 Å². The Kier molecular flexibility index (Phi) is 3.92. The van der Waals surface area contributed by atoms with Crippen molar-refractivity contribution in [3.05, 3.63) is 54.4 Å². The van der Waals surface area contributed by atoms with Crippen LogP contribution in [0.3, 0.4) is 0 Å². The molecule has 0 atom stereocenters. The topological polar surface area (TPSA) is 51.3 Å². The van der Waals surface area contributed by atoms with Gasteiger partial charge in [0, 0.05) is 38.0 Å². The lowest BCUT2D eigenvalue weighted by atomic mass is 10.1. The minimum absolute atomic E-state index is 0.138. The lowest BCUT2D eigenvalue weighted by Gasteiger charge is -2.07. The van der Waals surface area contributed by atoms with E-state index in [1.165, 1.54) is 17.7 Å². The number of carbonyl (C=O) groups excluding carboxylic acids is 1. The maximum absolute atomic E-state index is 12.0. The van der Waals surface area contributed by atoms with E-state index in [2.05, 4.69) is 5.10 Å². The molecular formula is C20H21N3O2. The molecule has 2 aromatic heterocycles. The van der Waals surface area contributed by atoms with Gasteiger partial charge in [0.2, 0.25) is 0 Å². The van der Waals surface area contributed by atoms with Crippen LogP contribution in [0.25, 0.3) is 22.6 Å². The van der Waals surface area contributed by atoms with Crippen molar-refractivity contribution >= 4 is 5.91 Å². The molecule has 1 aliphatic rings. The third kappa shape index (κ3) is 3.36. The lowest BCUT2D eigenvalue weighted by Crippen LogP contribution is -2.20. The van der Waals surface area contributed by atoms with Crippen LogP contribution in [0.4, 0.5) is 0 Å². The van der Waals surface area contributed by atoms with E-state index in [-0.39, 0.29) is 5.91 Å². The van der Waals surface area contributed by atoms with E-state index in [0.717, 1.165) is 29.3 Å². The molecule has 0 bridgehead atoms. The summed E-state index contributed by atoms with van der Waals surface area (Å²) in [5, 5.41) is 4.68.